The van der Waals surface area contributed by atoms with Gasteiger partial charge in [-0.2, -0.15) is 0 Å². The Balaban J connectivity index is 2.54. The first-order chi connectivity index (χ1) is 7.73. The minimum atomic E-state index is 0.242. The lowest BCUT2D eigenvalue weighted by Gasteiger charge is -2.39. The lowest BCUT2D eigenvalue weighted by Crippen LogP contribution is -2.45. The lowest BCUT2D eigenvalue weighted by molar-refractivity contribution is 0.144. The van der Waals surface area contributed by atoms with Crippen LogP contribution in [0, 0.1) is 17.3 Å². The van der Waals surface area contributed by atoms with Gasteiger partial charge in [0.2, 0.25) is 0 Å². The third-order valence-corrected chi connectivity index (χ3v) is 4.65. The third-order valence-electron chi connectivity index (χ3n) is 4.65. The number of hydrogen-bond acceptors (Lipinski definition) is 1. The van der Waals surface area contributed by atoms with Crippen LogP contribution in [0.2, 0.25) is 0 Å². The maximum atomic E-state index is 3.72. The van der Waals surface area contributed by atoms with Crippen LogP contribution in [-0.2, 0) is 0 Å². The van der Waals surface area contributed by atoms with E-state index >= 15 is 0 Å². The second kappa shape index (κ2) is 5.73. The summed E-state index contributed by atoms with van der Waals surface area (Å²) < 4.78 is 0. The van der Waals surface area contributed by atoms with Gasteiger partial charge >= 0.3 is 0 Å². The Morgan fingerprint density at radius 3 is 2.00 bits per heavy atom. The molecule has 0 radical (unpaired) electrons. The number of hydrogen-bond donors (Lipinski definition) is 1. The molecule has 102 valence electrons. The van der Waals surface area contributed by atoms with Crippen molar-refractivity contribution in [2.45, 2.75) is 79.2 Å². The molecule has 0 heterocycles. The summed E-state index contributed by atoms with van der Waals surface area (Å²) in [6.45, 7) is 15.2. The van der Waals surface area contributed by atoms with Crippen molar-refractivity contribution in [3.63, 3.8) is 0 Å². The Morgan fingerprint density at radius 1 is 1.06 bits per heavy atom. The van der Waals surface area contributed by atoms with Gasteiger partial charge in [0.15, 0.2) is 0 Å². The predicted molar refractivity (Wildman–Crippen MR) is 77.3 cm³/mol. The van der Waals surface area contributed by atoms with Crippen molar-refractivity contribution < 1.29 is 0 Å². The third kappa shape index (κ3) is 4.99. The van der Waals surface area contributed by atoms with E-state index < -0.39 is 0 Å². The average molecular weight is 239 g/mol. The fourth-order valence-corrected chi connectivity index (χ4v) is 2.85. The van der Waals surface area contributed by atoms with E-state index in [1.807, 2.05) is 0 Å². The van der Waals surface area contributed by atoms with Crippen molar-refractivity contribution in [3.05, 3.63) is 0 Å². The SMILES string of the molecule is CC(C)C(C)(CNC(C)(C)C)CC1CCCC1. The van der Waals surface area contributed by atoms with Gasteiger partial charge in [0, 0.05) is 12.1 Å². The summed E-state index contributed by atoms with van der Waals surface area (Å²) >= 11 is 0. The van der Waals surface area contributed by atoms with Gasteiger partial charge in [0.05, 0.1) is 0 Å². The fraction of sp³-hybridized carbons (Fsp3) is 1.00. The van der Waals surface area contributed by atoms with E-state index in [0.29, 0.717) is 5.41 Å². The molecule has 1 nitrogen and oxygen atoms in total. The topological polar surface area (TPSA) is 12.0 Å². The van der Waals surface area contributed by atoms with Gasteiger partial charge in [-0.25, -0.2) is 0 Å². The van der Waals surface area contributed by atoms with E-state index in [2.05, 4.69) is 46.9 Å². The highest BCUT2D eigenvalue weighted by Crippen LogP contribution is 2.40. The van der Waals surface area contributed by atoms with Crippen molar-refractivity contribution in [2.24, 2.45) is 17.3 Å². The maximum absolute atomic E-state index is 3.72. The summed E-state index contributed by atoms with van der Waals surface area (Å²) in [5, 5.41) is 3.72. The van der Waals surface area contributed by atoms with Crippen LogP contribution in [0.15, 0.2) is 0 Å². The molecule has 0 aromatic heterocycles. The molecule has 1 aliphatic rings. The lowest BCUT2D eigenvalue weighted by atomic mass is 9.72. The molecule has 0 amide bonds. The average Bonchev–Trinajstić information content (AvgIpc) is 2.66. The summed E-state index contributed by atoms with van der Waals surface area (Å²) in [6, 6.07) is 0. The monoisotopic (exact) mass is 239 g/mol. The minimum Gasteiger partial charge on any atom is -0.312 e. The Morgan fingerprint density at radius 2 is 1.59 bits per heavy atom. The molecule has 0 aromatic carbocycles. The summed E-state index contributed by atoms with van der Waals surface area (Å²) in [4.78, 5) is 0. The molecule has 0 spiro atoms. The second-order valence-corrected chi connectivity index (χ2v) is 7.77. The van der Waals surface area contributed by atoms with Crippen LogP contribution in [0.3, 0.4) is 0 Å². The van der Waals surface area contributed by atoms with Crippen molar-refractivity contribution in [3.8, 4) is 0 Å². The molecular weight excluding hydrogens is 206 g/mol. The zero-order valence-corrected chi connectivity index (χ0v) is 12.9. The van der Waals surface area contributed by atoms with E-state index in [9.17, 15) is 0 Å². The molecule has 1 saturated carbocycles. The van der Waals surface area contributed by atoms with Crippen molar-refractivity contribution in [1.29, 1.82) is 0 Å². The van der Waals surface area contributed by atoms with Gasteiger partial charge in [0.25, 0.3) is 0 Å². The summed E-state index contributed by atoms with van der Waals surface area (Å²) in [7, 11) is 0. The Hall–Kier alpha value is -0.0400. The molecule has 1 N–H and O–H groups in total. The molecule has 1 heteroatoms. The predicted octanol–water partition coefficient (Wildman–Crippen LogP) is 4.62. The first kappa shape index (κ1) is 15.0. The molecule has 1 atom stereocenters. The van der Waals surface area contributed by atoms with Gasteiger partial charge in [-0.05, 0) is 44.4 Å². The highest BCUT2D eigenvalue weighted by atomic mass is 15.0. The minimum absolute atomic E-state index is 0.242. The highest BCUT2D eigenvalue weighted by Gasteiger charge is 2.33. The van der Waals surface area contributed by atoms with Gasteiger partial charge in [0.1, 0.15) is 0 Å². The van der Waals surface area contributed by atoms with Crippen LogP contribution in [0.5, 0.6) is 0 Å². The van der Waals surface area contributed by atoms with Crippen LogP contribution in [0.1, 0.15) is 73.6 Å². The number of rotatable bonds is 5. The largest absolute Gasteiger partial charge is 0.312 e. The van der Waals surface area contributed by atoms with Gasteiger partial charge < -0.3 is 5.32 Å². The first-order valence-corrected chi connectivity index (χ1v) is 7.48. The van der Waals surface area contributed by atoms with E-state index in [1.165, 1.54) is 32.1 Å². The Bertz CT molecular complexity index is 220. The van der Waals surface area contributed by atoms with Crippen LogP contribution in [-0.4, -0.2) is 12.1 Å². The van der Waals surface area contributed by atoms with Gasteiger partial charge in [-0.15, -0.1) is 0 Å². The normalized spacial score (nSPS) is 22.1. The maximum Gasteiger partial charge on any atom is 0.00967 e. The molecule has 0 saturated heterocycles. The molecule has 1 aliphatic carbocycles. The molecule has 17 heavy (non-hydrogen) atoms. The zero-order chi connectivity index (χ0) is 13.1. The standard InChI is InChI=1S/C16H33N/c1-13(2)16(6,12-17-15(3,4)5)11-14-9-7-8-10-14/h13-14,17H,7-12H2,1-6H3. The fourth-order valence-electron chi connectivity index (χ4n) is 2.85. The Kier molecular flexibility index (Phi) is 5.07. The summed E-state index contributed by atoms with van der Waals surface area (Å²) in [5.41, 5.74) is 0.702. The van der Waals surface area contributed by atoms with Crippen LogP contribution in [0.25, 0.3) is 0 Å². The van der Waals surface area contributed by atoms with Crippen molar-refractivity contribution >= 4 is 0 Å². The number of nitrogens with one attached hydrogen (secondary N) is 1. The summed E-state index contributed by atoms with van der Waals surface area (Å²) in [6.07, 6.45) is 7.28. The molecular formula is C16H33N. The van der Waals surface area contributed by atoms with Crippen LogP contribution >= 0.6 is 0 Å². The highest BCUT2D eigenvalue weighted by molar-refractivity contribution is 4.87. The van der Waals surface area contributed by atoms with Crippen molar-refractivity contribution in [1.82, 2.24) is 5.32 Å². The molecule has 1 rings (SSSR count). The summed E-state index contributed by atoms with van der Waals surface area (Å²) in [5.74, 6) is 1.75. The Labute approximate surface area is 109 Å². The molecule has 0 aromatic rings. The van der Waals surface area contributed by atoms with E-state index in [4.69, 9.17) is 0 Å². The molecule has 1 unspecified atom stereocenters. The van der Waals surface area contributed by atoms with Crippen LogP contribution < -0.4 is 5.32 Å². The van der Waals surface area contributed by atoms with Gasteiger partial charge in [-0.3, -0.25) is 0 Å². The van der Waals surface area contributed by atoms with E-state index in [1.54, 1.807) is 0 Å². The zero-order valence-electron chi connectivity index (χ0n) is 12.9. The molecule has 0 bridgehead atoms. The molecule has 0 aliphatic heterocycles. The van der Waals surface area contributed by atoms with E-state index in [-0.39, 0.29) is 5.54 Å². The van der Waals surface area contributed by atoms with E-state index in [0.717, 1.165) is 18.4 Å². The molecule has 1 fully saturated rings. The van der Waals surface area contributed by atoms with Crippen LogP contribution in [0.4, 0.5) is 0 Å². The smallest absolute Gasteiger partial charge is 0.00967 e. The van der Waals surface area contributed by atoms with Gasteiger partial charge in [-0.1, -0.05) is 46.5 Å². The second-order valence-electron chi connectivity index (χ2n) is 7.77. The van der Waals surface area contributed by atoms with Crippen molar-refractivity contribution in [2.75, 3.05) is 6.54 Å². The first-order valence-electron chi connectivity index (χ1n) is 7.48. The quantitative estimate of drug-likeness (QED) is 0.738.